The second-order valence-electron chi connectivity index (χ2n) is 7.68. The number of aliphatic hydroxyl groups excluding tert-OH is 2. The van der Waals surface area contributed by atoms with E-state index < -0.39 is 0 Å². The predicted octanol–water partition coefficient (Wildman–Crippen LogP) is 2.05. The highest BCUT2D eigenvalue weighted by atomic mass is 16.7. The highest BCUT2D eigenvalue weighted by molar-refractivity contribution is 4.89. The Hall–Kier alpha value is -0.200. The van der Waals surface area contributed by atoms with E-state index in [2.05, 4.69) is 34.6 Å². The molecule has 2 aliphatic heterocycles. The van der Waals surface area contributed by atoms with Gasteiger partial charge in [-0.15, -0.1) is 0 Å². The summed E-state index contributed by atoms with van der Waals surface area (Å²) >= 11 is 0. The van der Waals surface area contributed by atoms with E-state index in [-0.39, 0.29) is 55.8 Å². The zero-order valence-electron chi connectivity index (χ0n) is 15.3. The van der Waals surface area contributed by atoms with Crippen molar-refractivity contribution in [3.8, 4) is 0 Å². The van der Waals surface area contributed by atoms with Crippen molar-refractivity contribution in [2.75, 3.05) is 13.2 Å². The fourth-order valence-corrected chi connectivity index (χ4v) is 3.91. The first-order chi connectivity index (χ1) is 10.8. The molecule has 2 rings (SSSR count). The van der Waals surface area contributed by atoms with E-state index in [9.17, 15) is 10.2 Å². The van der Waals surface area contributed by atoms with Gasteiger partial charge in [0.05, 0.1) is 31.5 Å². The van der Waals surface area contributed by atoms with Crippen molar-refractivity contribution in [3.63, 3.8) is 0 Å². The third-order valence-electron chi connectivity index (χ3n) is 6.48. The summed E-state index contributed by atoms with van der Waals surface area (Å²) < 4.78 is 18.3. The molecule has 2 heterocycles. The second kappa shape index (κ2) is 7.79. The number of hydrogen-bond donors (Lipinski definition) is 2. The van der Waals surface area contributed by atoms with Crippen molar-refractivity contribution in [1.82, 2.24) is 0 Å². The lowest BCUT2D eigenvalue weighted by atomic mass is 9.78. The summed E-state index contributed by atoms with van der Waals surface area (Å²) in [5.41, 5.74) is 0. The Morgan fingerprint density at radius 2 is 1.30 bits per heavy atom. The molecule has 5 heteroatoms. The Morgan fingerprint density at radius 1 is 0.696 bits per heavy atom. The summed E-state index contributed by atoms with van der Waals surface area (Å²) in [7, 11) is 0. The van der Waals surface area contributed by atoms with Gasteiger partial charge in [-0.05, 0) is 30.6 Å². The fourth-order valence-electron chi connectivity index (χ4n) is 3.91. The quantitative estimate of drug-likeness (QED) is 0.826. The average molecular weight is 330 g/mol. The van der Waals surface area contributed by atoms with Crippen molar-refractivity contribution in [1.29, 1.82) is 0 Å². The lowest BCUT2D eigenvalue weighted by Crippen LogP contribution is -2.55. The molecule has 2 aliphatic rings. The van der Waals surface area contributed by atoms with Crippen molar-refractivity contribution in [2.45, 2.75) is 72.2 Å². The lowest BCUT2D eigenvalue weighted by Gasteiger charge is -2.48. The first-order valence-corrected chi connectivity index (χ1v) is 8.99. The van der Waals surface area contributed by atoms with E-state index in [1.807, 2.05) is 6.92 Å². The van der Waals surface area contributed by atoms with Gasteiger partial charge in [0, 0.05) is 5.92 Å². The van der Waals surface area contributed by atoms with Crippen LogP contribution in [0.15, 0.2) is 0 Å². The van der Waals surface area contributed by atoms with E-state index in [0.717, 1.165) is 0 Å². The van der Waals surface area contributed by atoms with Crippen LogP contribution in [-0.4, -0.2) is 54.1 Å². The molecule has 0 radical (unpaired) electrons. The van der Waals surface area contributed by atoms with Crippen molar-refractivity contribution in [3.05, 3.63) is 0 Å². The molecule has 0 amide bonds. The third-order valence-corrected chi connectivity index (χ3v) is 6.48. The molecular weight excluding hydrogens is 296 g/mol. The molecule has 2 fully saturated rings. The maximum absolute atomic E-state index is 9.69. The second-order valence-corrected chi connectivity index (χ2v) is 7.68. The van der Waals surface area contributed by atoms with Crippen molar-refractivity contribution < 1.29 is 24.4 Å². The summed E-state index contributed by atoms with van der Waals surface area (Å²) in [6.07, 6.45) is -0.984. The summed E-state index contributed by atoms with van der Waals surface area (Å²) in [5.74, 6) is 1.55. The molecule has 0 aromatic heterocycles. The van der Waals surface area contributed by atoms with Crippen molar-refractivity contribution >= 4 is 0 Å². The molecule has 0 bridgehead atoms. The van der Waals surface area contributed by atoms with E-state index >= 15 is 0 Å². The fraction of sp³-hybridized carbons (Fsp3) is 1.00. The largest absolute Gasteiger partial charge is 0.394 e. The minimum Gasteiger partial charge on any atom is -0.394 e. The summed E-state index contributed by atoms with van der Waals surface area (Å²) in [5, 5.41) is 19.3. The van der Waals surface area contributed by atoms with Crippen LogP contribution in [0.5, 0.6) is 0 Å². The van der Waals surface area contributed by atoms with Gasteiger partial charge in [-0.2, -0.15) is 0 Å². The molecule has 0 aliphatic carbocycles. The van der Waals surface area contributed by atoms with E-state index in [1.165, 1.54) is 0 Å². The van der Waals surface area contributed by atoms with Crippen LogP contribution in [0, 0.1) is 29.6 Å². The van der Waals surface area contributed by atoms with Gasteiger partial charge in [-0.3, -0.25) is 0 Å². The van der Waals surface area contributed by atoms with Crippen LogP contribution in [0.1, 0.15) is 41.5 Å². The van der Waals surface area contributed by atoms with Gasteiger partial charge < -0.3 is 24.4 Å². The summed E-state index contributed by atoms with van der Waals surface area (Å²) in [6, 6.07) is 0. The van der Waals surface area contributed by atoms with Gasteiger partial charge in [-0.1, -0.05) is 34.6 Å². The molecule has 0 spiro atoms. The Bertz CT molecular complexity index is 372. The highest BCUT2D eigenvalue weighted by Crippen LogP contribution is 2.39. The lowest BCUT2D eigenvalue weighted by molar-refractivity contribution is -0.304. The van der Waals surface area contributed by atoms with Crippen molar-refractivity contribution in [2.24, 2.45) is 29.6 Å². The van der Waals surface area contributed by atoms with Crippen LogP contribution in [0.2, 0.25) is 0 Å². The molecule has 0 saturated carbocycles. The molecule has 5 nitrogen and oxygen atoms in total. The first-order valence-electron chi connectivity index (χ1n) is 8.99. The van der Waals surface area contributed by atoms with Gasteiger partial charge in [0.1, 0.15) is 6.10 Å². The Morgan fingerprint density at radius 3 is 1.87 bits per heavy atom. The summed E-state index contributed by atoms with van der Waals surface area (Å²) in [4.78, 5) is 0. The van der Waals surface area contributed by atoms with Gasteiger partial charge >= 0.3 is 0 Å². The predicted molar refractivity (Wildman–Crippen MR) is 87.9 cm³/mol. The molecule has 23 heavy (non-hydrogen) atoms. The minimum atomic E-state index is -0.371. The zero-order valence-corrected chi connectivity index (χ0v) is 15.3. The minimum absolute atomic E-state index is 0.00563. The molecule has 10 atom stereocenters. The number of hydrogen-bond acceptors (Lipinski definition) is 5. The highest BCUT2D eigenvalue weighted by Gasteiger charge is 2.45. The monoisotopic (exact) mass is 330 g/mol. The van der Waals surface area contributed by atoms with Gasteiger partial charge in [0.25, 0.3) is 0 Å². The first kappa shape index (κ1) is 19.1. The van der Waals surface area contributed by atoms with Crippen LogP contribution in [0.3, 0.4) is 0 Å². The maximum Gasteiger partial charge on any atom is 0.161 e. The van der Waals surface area contributed by atoms with Crippen LogP contribution in [0.25, 0.3) is 0 Å². The van der Waals surface area contributed by atoms with Gasteiger partial charge in [0.15, 0.2) is 6.29 Å². The number of ether oxygens (including phenoxy) is 3. The Labute approximate surface area is 140 Å². The number of rotatable bonds is 4. The molecule has 2 saturated heterocycles. The van der Waals surface area contributed by atoms with Crippen LogP contribution in [-0.2, 0) is 14.2 Å². The summed E-state index contributed by atoms with van der Waals surface area (Å²) in [6.45, 7) is 12.7. The smallest absolute Gasteiger partial charge is 0.161 e. The van der Waals surface area contributed by atoms with E-state index in [4.69, 9.17) is 14.2 Å². The number of aliphatic hydroxyl groups is 2. The Balaban J connectivity index is 2.11. The Kier molecular flexibility index (Phi) is 6.48. The molecule has 2 N–H and O–H groups in total. The maximum atomic E-state index is 9.69. The molecular formula is C18H34O5. The van der Waals surface area contributed by atoms with Crippen LogP contribution in [0.4, 0.5) is 0 Å². The average Bonchev–Trinajstić information content (AvgIpc) is 2.55. The van der Waals surface area contributed by atoms with Gasteiger partial charge in [-0.25, -0.2) is 0 Å². The van der Waals surface area contributed by atoms with Crippen LogP contribution >= 0.6 is 0 Å². The third kappa shape index (κ3) is 3.74. The van der Waals surface area contributed by atoms with E-state index in [0.29, 0.717) is 17.8 Å². The SMILES string of the molecule is CC1[C@H](O[C@H]2C(CO)O[C@@H](C)C(C)[C@H]2C)OC(CO)[C@H](C)[C@@H]1C. The molecule has 136 valence electrons. The van der Waals surface area contributed by atoms with Gasteiger partial charge in [0.2, 0.25) is 0 Å². The van der Waals surface area contributed by atoms with Crippen LogP contribution < -0.4 is 0 Å². The standard InChI is InChI=1S/C18H34O5/c1-9-11(3)15(7-19)22-18(13(9)5)23-17-12(4)10(2)14(6)21-16(17)8-20/h9-20H,7-8H2,1-6H3/t9-,10?,11+,12+,13?,14-,15?,16?,17+,18-/m0/s1. The zero-order chi connectivity index (χ0) is 17.3. The van der Waals surface area contributed by atoms with E-state index in [1.54, 1.807) is 0 Å². The normalized spacial score (nSPS) is 51.7. The topological polar surface area (TPSA) is 68.2 Å². The molecule has 0 aromatic carbocycles. The molecule has 0 aromatic rings. The molecule has 4 unspecified atom stereocenters.